The molecule has 0 fully saturated rings. The summed E-state index contributed by atoms with van der Waals surface area (Å²) in [5, 5.41) is 0. The molecule has 0 radical (unpaired) electrons. The summed E-state index contributed by atoms with van der Waals surface area (Å²) in [6.07, 6.45) is 62.4. The van der Waals surface area contributed by atoms with Crippen molar-refractivity contribution in [3.8, 4) is 0 Å². The summed E-state index contributed by atoms with van der Waals surface area (Å²) < 4.78 is 16.8. The molecular weight excluding hydrogens is 781 g/mol. The van der Waals surface area contributed by atoms with Gasteiger partial charge in [-0.3, -0.25) is 14.4 Å². The molecule has 366 valence electrons. The minimum atomic E-state index is -0.778. The summed E-state index contributed by atoms with van der Waals surface area (Å²) in [6, 6.07) is 0. The Labute approximate surface area is 390 Å². The van der Waals surface area contributed by atoms with Crippen LogP contribution in [0.4, 0.5) is 0 Å². The zero-order valence-electron chi connectivity index (χ0n) is 41.8. The van der Waals surface area contributed by atoms with Gasteiger partial charge in [-0.2, -0.15) is 0 Å². The molecule has 0 saturated carbocycles. The zero-order valence-corrected chi connectivity index (χ0v) is 41.8. The van der Waals surface area contributed by atoms with Gasteiger partial charge < -0.3 is 14.2 Å². The maximum Gasteiger partial charge on any atom is 0.306 e. The van der Waals surface area contributed by atoms with Crippen molar-refractivity contribution in [2.45, 2.75) is 284 Å². The third-order valence-corrected chi connectivity index (χ3v) is 11.8. The van der Waals surface area contributed by atoms with Crippen molar-refractivity contribution in [2.75, 3.05) is 13.2 Å². The minimum Gasteiger partial charge on any atom is -0.462 e. The summed E-state index contributed by atoms with van der Waals surface area (Å²) in [6.45, 7) is 6.56. The summed E-state index contributed by atoms with van der Waals surface area (Å²) in [7, 11) is 0. The van der Waals surface area contributed by atoms with Crippen LogP contribution < -0.4 is 0 Å². The van der Waals surface area contributed by atoms with E-state index in [2.05, 4.69) is 69.4 Å². The number of rotatable bonds is 49. The van der Waals surface area contributed by atoms with Gasteiger partial charge in [0.15, 0.2) is 6.10 Å². The smallest absolute Gasteiger partial charge is 0.306 e. The first-order valence-electron chi connectivity index (χ1n) is 27.1. The molecule has 0 aromatic heterocycles. The van der Waals surface area contributed by atoms with Crippen molar-refractivity contribution in [1.29, 1.82) is 0 Å². The summed E-state index contributed by atoms with van der Waals surface area (Å²) in [5.41, 5.74) is 0. The Morgan fingerprint density at radius 2 is 0.603 bits per heavy atom. The van der Waals surface area contributed by atoms with Gasteiger partial charge in [0.1, 0.15) is 13.2 Å². The summed E-state index contributed by atoms with van der Waals surface area (Å²) in [4.78, 5) is 38.0. The Bertz CT molecular complexity index is 1110. The molecule has 0 rings (SSSR count). The second-order valence-electron chi connectivity index (χ2n) is 18.1. The predicted octanol–water partition coefficient (Wildman–Crippen LogP) is 17.9. The fourth-order valence-electron chi connectivity index (χ4n) is 7.69. The number of allylic oxidation sites excluding steroid dienone is 8. The van der Waals surface area contributed by atoms with E-state index >= 15 is 0 Å². The number of ether oxygens (including phenoxy) is 3. The molecule has 63 heavy (non-hydrogen) atoms. The highest BCUT2D eigenvalue weighted by atomic mass is 16.6. The van der Waals surface area contributed by atoms with Gasteiger partial charge in [0.25, 0.3) is 0 Å². The molecule has 1 unspecified atom stereocenters. The first-order chi connectivity index (χ1) is 31.0. The molecule has 0 heterocycles. The van der Waals surface area contributed by atoms with Crippen LogP contribution in [0.25, 0.3) is 0 Å². The van der Waals surface area contributed by atoms with E-state index < -0.39 is 6.10 Å². The van der Waals surface area contributed by atoms with Crippen LogP contribution in [0.1, 0.15) is 278 Å². The zero-order chi connectivity index (χ0) is 45.8. The van der Waals surface area contributed by atoms with Crippen LogP contribution in [0.15, 0.2) is 48.6 Å². The van der Waals surface area contributed by atoms with Gasteiger partial charge in [-0.1, -0.05) is 230 Å². The van der Waals surface area contributed by atoms with Gasteiger partial charge in [-0.15, -0.1) is 0 Å². The average molecular weight is 883 g/mol. The van der Waals surface area contributed by atoms with Crippen LogP contribution >= 0.6 is 0 Å². The highest BCUT2D eigenvalue weighted by Gasteiger charge is 2.19. The van der Waals surface area contributed by atoms with Crippen LogP contribution in [0, 0.1) is 0 Å². The van der Waals surface area contributed by atoms with Crippen molar-refractivity contribution in [3.63, 3.8) is 0 Å². The molecule has 0 N–H and O–H groups in total. The van der Waals surface area contributed by atoms with Gasteiger partial charge in [0, 0.05) is 19.3 Å². The maximum absolute atomic E-state index is 12.8. The van der Waals surface area contributed by atoms with Gasteiger partial charge in [-0.25, -0.2) is 0 Å². The fraction of sp³-hybridized carbons (Fsp3) is 0.807. The highest BCUT2D eigenvalue weighted by Crippen LogP contribution is 2.15. The van der Waals surface area contributed by atoms with E-state index in [-0.39, 0.29) is 31.1 Å². The Balaban J connectivity index is 4.30. The van der Waals surface area contributed by atoms with Crippen molar-refractivity contribution in [3.05, 3.63) is 48.6 Å². The summed E-state index contributed by atoms with van der Waals surface area (Å²) >= 11 is 0. The normalized spacial score (nSPS) is 12.4. The van der Waals surface area contributed by atoms with E-state index in [1.807, 2.05) is 0 Å². The van der Waals surface area contributed by atoms with Crippen LogP contribution in [-0.4, -0.2) is 37.2 Å². The lowest BCUT2D eigenvalue weighted by Crippen LogP contribution is -2.30. The molecule has 0 amide bonds. The third-order valence-electron chi connectivity index (χ3n) is 11.8. The van der Waals surface area contributed by atoms with Gasteiger partial charge >= 0.3 is 17.9 Å². The number of carbonyl (C=O) groups excluding carboxylic acids is 3. The number of unbranched alkanes of at least 4 members (excludes halogenated alkanes) is 30. The van der Waals surface area contributed by atoms with Crippen molar-refractivity contribution in [1.82, 2.24) is 0 Å². The minimum absolute atomic E-state index is 0.0779. The van der Waals surface area contributed by atoms with E-state index in [0.717, 1.165) is 96.3 Å². The second kappa shape index (κ2) is 52.0. The SMILES string of the molecule is CCC/C=C\C/C=C\CCCCCCCC(=O)OC(COC(=O)CCCCCCCCCCC/C=C\C/C=C\CCCCCCC)COC(=O)CCCCCCCCCCCCC. The standard InChI is InChI=1S/C57H102O6/c1-4-7-10-13-16-19-22-24-25-26-27-28-29-30-31-33-35-38-41-44-47-50-56(59)62-53-54(52-61-55(58)49-46-43-40-37-34-21-18-15-12-9-6-3)63-57(60)51-48-45-42-39-36-32-23-20-17-14-11-8-5-2/h11,14,20,22-24,26-27,54H,4-10,12-13,15-19,21,25,28-53H2,1-3H3/b14-11-,23-20-,24-22-,27-26-. The molecule has 1 atom stereocenters. The number of esters is 3. The molecule has 0 spiro atoms. The number of hydrogen-bond donors (Lipinski definition) is 0. The molecule has 0 aromatic carbocycles. The lowest BCUT2D eigenvalue weighted by Gasteiger charge is -2.18. The third kappa shape index (κ3) is 50.2. The van der Waals surface area contributed by atoms with Crippen molar-refractivity contribution < 1.29 is 28.6 Å². The van der Waals surface area contributed by atoms with E-state index in [0.29, 0.717) is 19.3 Å². The largest absolute Gasteiger partial charge is 0.462 e. The molecule has 0 aliphatic rings. The predicted molar refractivity (Wildman–Crippen MR) is 270 cm³/mol. The average Bonchev–Trinajstić information content (AvgIpc) is 3.28. The monoisotopic (exact) mass is 883 g/mol. The molecule has 6 nitrogen and oxygen atoms in total. The van der Waals surface area contributed by atoms with Crippen molar-refractivity contribution in [2.24, 2.45) is 0 Å². The van der Waals surface area contributed by atoms with E-state index in [4.69, 9.17) is 14.2 Å². The van der Waals surface area contributed by atoms with Crippen molar-refractivity contribution >= 4 is 17.9 Å². The first kappa shape index (κ1) is 60.4. The Morgan fingerprint density at radius 1 is 0.317 bits per heavy atom. The molecule has 0 saturated heterocycles. The lowest BCUT2D eigenvalue weighted by atomic mass is 10.1. The molecule has 0 aromatic rings. The second-order valence-corrected chi connectivity index (χ2v) is 18.1. The summed E-state index contributed by atoms with van der Waals surface area (Å²) in [5.74, 6) is -0.889. The van der Waals surface area contributed by atoms with Crippen LogP contribution in [0.5, 0.6) is 0 Å². The topological polar surface area (TPSA) is 78.9 Å². The first-order valence-corrected chi connectivity index (χ1v) is 27.1. The van der Waals surface area contributed by atoms with Crippen LogP contribution in [0.3, 0.4) is 0 Å². The van der Waals surface area contributed by atoms with Gasteiger partial charge in [0.2, 0.25) is 0 Å². The van der Waals surface area contributed by atoms with Crippen LogP contribution in [-0.2, 0) is 28.6 Å². The Morgan fingerprint density at radius 3 is 0.937 bits per heavy atom. The molecular formula is C57H102O6. The Hall–Kier alpha value is -2.63. The maximum atomic E-state index is 12.8. The van der Waals surface area contributed by atoms with E-state index in [1.54, 1.807) is 0 Å². The quantitative estimate of drug-likeness (QED) is 0.0262. The van der Waals surface area contributed by atoms with Gasteiger partial charge in [0.05, 0.1) is 0 Å². The Kier molecular flexibility index (Phi) is 49.8. The van der Waals surface area contributed by atoms with Crippen LogP contribution in [0.2, 0.25) is 0 Å². The number of carbonyl (C=O) groups is 3. The molecule has 6 heteroatoms. The fourth-order valence-corrected chi connectivity index (χ4v) is 7.69. The number of hydrogen-bond acceptors (Lipinski definition) is 6. The lowest BCUT2D eigenvalue weighted by molar-refractivity contribution is -0.167. The molecule has 0 bridgehead atoms. The highest BCUT2D eigenvalue weighted by molar-refractivity contribution is 5.71. The van der Waals surface area contributed by atoms with Gasteiger partial charge in [-0.05, 0) is 77.0 Å². The van der Waals surface area contributed by atoms with E-state index in [9.17, 15) is 14.4 Å². The van der Waals surface area contributed by atoms with E-state index in [1.165, 1.54) is 141 Å². The molecule has 0 aliphatic carbocycles. The molecule has 0 aliphatic heterocycles.